The van der Waals surface area contributed by atoms with Crippen LogP contribution in [0.15, 0.2) is 77.2 Å². The number of rotatable bonds is 7. The van der Waals surface area contributed by atoms with Crippen LogP contribution in [0.25, 0.3) is 17.2 Å². The molecule has 0 radical (unpaired) electrons. The third kappa shape index (κ3) is 5.52. The first-order chi connectivity index (χ1) is 16.3. The summed E-state index contributed by atoms with van der Waals surface area (Å²) in [6.07, 6.45) is 0.283. The lowest BCUT2D eigenvalue weighted by atomic mass is 10.2. The van der Waals surface area contributed by atoms with E-state index in [4.69, 9.17) is 25.5 Å². The lowest BCUT2D eigenvalue weighted by Crippen LogP contribution is -2.38. The molecule has 6 nitrogen and oxygen atoms in total. The third-order valence-electron chi connectivity index (χ3n) is 4.81. The van der Waals surface area contributed by atoms with E-state index in [0.717, 1.165) is 6.08 Å². The predicted octanol–water partition coefficient (Wildman–Crippen LogP) is 6.40. The van der Waals surface area contributed by atoms with Crippen molar-refractivity contribution in [3.63, 3.8) is 0 Å². The van der Waals surface area contributed by atoms with E-state index in [1.807, 2.05) is 0 Å². The van der Waals surface area contributed by atoms with Crippen molar-refractivity contribution in [2.75, 3.05) is 11.9 Å². The number of hydrogen-bond acceptors (Lipinski definition) is 5. The Balaban J connectivity index is 1.37. The molecule has 0 aliphatic carbocycles. The van der Waals surface area contributed by atoms with Gasteiger partial charge in [-0.25, -0.2) is 4.39 Å². The zero-order valence-electron chi connectivity index (χ0n) is 18.2. The Labute approximate surface area is 199 Å². The summed E-state index contributed by atoms with van der Waals surface area (Å²) in [7, 11) is 1.53. The summed E-state index contributed by atoms with van der Waals surface area (Å²) in [6.45, 7) is 1.59. The van der Waals surface area contributed by atoms with Crippen molar-refractivity contribution >= 4 is 40.7 Å². The van der Waals surface area contributed by atoms with Crippen molar-refractivity contribution in [3.8, 4) is 11.5 Å². The minimum atomic E-state index is -0.856. The first kappa shape index (κ1) is 23.3. The average molecular weight is 485 g/mol. The number of halogens is 3. The van der Waals surface area contributed by atoms with Crippen LogP contribution in [0.4, 0.5) is 14.8 Å². The maximum atomic E-state index is 14.1. The molecule has 4 rings (SSSR count). The number of anilines is 1. The molecule has 1 amide bonds. The van der Waals surface area contributed by atoms with Crippen molar-refractivity contribution < 1.29 is 27.5 Å². The van der Waals surface area contributed by atoms with Gasteiger partial charge in [0.25, 0.3) is 11.9 Å². The molecule has 0 aliphatic rings. The van der Waals surface area contributed by atoms with Gasteiger partial charge >= 0.3 is 6.01 Å². The lowest BCUT2D eigenvalue weighted by molar-refractivity contribution is -0.124. The molecular weight excluding hydrogens is 466 g/mol. The summed E-state index contributed by atoms with van der Waals surface area (Å²) in [4.78, 5) is 18.3. The van der Waals surface area contributed by atoms with E-state index in [-0.39, 0.29) is 17.7 Å². The van der Waals surface area contributed by atoms with Crippen LogP contribution in [0.2, 0.25) is 5.02 Å². The normalized spacial score (nSPS) is 12.4. The topological polar surface area (TPSA) is 64.8 Å². The van der Waals surface area contributed by atoms with Crippen LogP contribution >= 0.6 is 11.6 Å². The number of ether oxygens (including phenoxy) is 2. The molecule has 1 atom stereocenters. The quantitative estimate of drug-likeness (QED) is 0.284. The summed E-state index contributed by atoms with van der Waals surface area (Å²) in [5.41, 5.74) is 1.49. The molecule has 3 aromatic carbocycles. The molecule has 0 saturated carbocycles. The summed E-state index contributed by atoms with van der Waals surface area (Å²) in [5.74, 6) is -0.184. The highest BCUT2D eigenvalue weighted by Gasteiger charge is 2.24. The van der Waals surface area contributed by atoms with Gasteiger partial charge in [0, 0.05) is 18.1 Å². The number of nitrogens with zero attached hydrogens (tertiary/aromatic N) is 2. The van der Waals surface area contributed by atoms with E-state index in [1.54, 1.807) is 37.3 Å². The van der Waals surface area contributed by atoms with Gasteiger partial charge in [-0.3, -0.25) is 9.69 Å². The molecule has 9 heteroatoms. The molecule has 0 saturated heterocycles. The highest BCUT2D eigenvalue weighted by Crippen LogP contribution is 2.25. The van der Waals surface area contributed by atoms with E-state index < -0.39 is 17.9 Å². The van der Waals surface area contributed by atoms with Gasteiger partial charge in [-0.2, -0.15) is 9.37 Å². The zero-order chi connectivity index (χ0) is 24.2. The van der Waals surface area contributed by atoms with E-state index in [9.17, 15) is 13.6 Å². The van der Waals surface area contributed by atoms with Gasteiger partial charge < -0.3 is 13.9 Å². The van der Waals surface area contributed by atoms with Crippen molar-refractivity contribution in [1.29, 1.82) is 0 Å². The maximum Gasteiger partial charge on any atom is 0.305 e. The fourth-order valence-electron chi connectivity index (χ4n) is 3.07. The molecule has 0 bridgehead atoms. The Hall–Kier alpha value is -3.91. The number of carbonyl (C=O) groups is 1. The molecule has 0 fully saturated rings. The van der Waals surface area contributed by atoms with E-state index in [0.29, 0.717) is 27.4 Å². The predicted molar refractivity (Wildman–Crippen MR) is 125 cm³/mol. The standard InChI is InChI=1S/C25H19ClF2N2O4/c1-15(24(31)30(2)25-29-21-14-17(26)5-12-22(21)34-25)32-19-8-10-20(11-9-19)33-23(28)13-16-3-6-18(27)7-4-16/h3-15H,1-2H3/t15-/m1/s1. The van der Waals surface area contributed by atoms with Crippen LogP contribution in [0.3, 0.4) is 0 Å². The average Bonchev–Trinajstić information content (AvgIpc) is 3.24. The summed E-state index contributed by atoms with van der Waals surface area (Å²) in [6, 6.07) is 15.7. The molecule has 4 aromatic rings. The van der Waals surface area contributed by atoms with Gasteiger partial charge in [-0.15, -0.1) is 0 Å². The molecule has 0 N–H and O–H groups in total. The Morgan fingerprint density at radius 1 is 1.09 bits per heavy atom. The fraction of sp³-hybridized carbons (Fsp3) is 0.120. The van der Waals surface area contributed by atoms with E-state index in [2.05, 4.69) is 4.98 Å². The number of amides is 1. The molecular formula is C25H19ClF2N2O4. The number of carbonyl (C=O) groups excluding carboxylic acids is 1. The van der Waals surface area contributed by atoms with Crippen molar-refractivity contribution in [3.05, 3.63) is 89.1 Å². The number of hydrogen-bond donors (Lipinski definition) is 0. The zero-order valence-corrected chi connectivity index (χ0v) is 18.9. The van der Waals surface area contributed by atoms with Crippen LogP contribution < -0.4 is 14.4 Å². The van der Waals surface area contributed by atoms with Crippen molar-refractivity contribution in [1.82, 2.24) is 4.98 Å². The molecule has 0 spiro atoms. The molecule has 1 aromatic heterocycles. The van der Waals surface area contributed by atoms with Gasteiger partial charge in [0.05, 0.1) is 0 Å². The molecule has 34 heavy (non-hydrogen) atoms. The lowest BCUT2D eigenvalue weighted by Gasteiger charge is -2.19. The van der Waals surface area contributed by atoms with E-state index >= 15 is 0 Å². The maximum absolute atomic E-state index is 14.1. The molecule has 0 aliphatic heterocycles. The first-order valence-corrected chi connectivity index (χ1v) is 10.6. The van der Waals surface area contributed by atoms with Gasteiger partial charge in [0.2, 0.25) is 0 Å². The highest BCUT2D eigenvalue weighted by atomic mass is 35.5. The Morgan fingerprint density at radius 3 is 2.47 bits per heavy atom. The van der Waals surface area contributed by atoms with Gasteiger partial charge in [-0.05, 0) is 67.1 Å². The third-order valence-corrected chi connectivity index (χ3v) is 5.04. The Kier molecular flexibility index (Phi) is 6.79. The van der Waals surface area contributed by atoms with Crippen LogP contribution in [0, 0.1) is 5.82 Å². The summed E-state index contributed by atoms with van der Waals surface area (Å²) >= 11 is 5.96. The summed E-state index contributed by atoms with van der Waals surface area (Å²) in [5, 5.41) is 0.510. The highest BCUT2D eigenvalue weighted by molar-refractivity contribution is 6.31. The molecule has 174 valence electrons. The van der Waals surface area contributed by atoms with Gasteiger partial charge in [0.1, 0.15) is 22.8 Å². The van der Waals surface area contributed by atoms with Gasteiger partial charge in [0.15, 0.2) is 11.7 Å². The second kappa shape index (κ2) is 9.93. The minimum Gasteiger partial charge on any atom is -0.481 e. The first-order valence-electron chi connectivity index (χ1n) is 10.2. The van der Waals surface area contributed by atoms with E-state index in [1.165, 1.54) is 48.3 Å². The monoisotopic (exact) mass is 484 g/mol. The molecule has 1 heterocycles. The second-order valence-electron chi connectivity index (χ2n) is 7.34. The Morgan fingerprint density at radius 2 is 1.76 bits per heavy atom. The number of oxazole rings is 1. The number of likely N-dealkylation sites (N-methyl/N-ethyl adjacent to an activating group) is 1. The minimum absolute atomic E-state index is 0.116. The Bertz CT molecular complexity index is 1340. The summed E-state index contributed by atoms with van der Waals surface area (Å²) < 4.78 is 43.5. The number of fused-ring (bicyclic) bond motifs is 1. The van der Waals surface area contributed by atoms with Crippen LogP contribution in [0.1, 0.15) is 12.5 Å². The van der Waals surface area contributed by atoms with Crippen LogP contribution in [0.5, 0.6) is 11.5 Å². The fourth-order valence-corrected chi connectivity index (χ4v) is 3.24. The van der Waals surface area contributed by atoms with Gasteiger partial charge in [-0.1, -0.05) is 23.7 Å². The number of aromatic nitrogens is 1. The largest absolute Gasteiger partial charge is 0.481 e. The van der Waals surface area contributed by atoms with Crippen molar-refractivity contribution in [2.24, 2.45) is 0 Å². The smallest absolute Gasteiger partial charge is 0.305 e. The van der Waals surface area contributed by atoms with Crippen LogP contribution in [-0.2, 0) is 4.79 Å². The SMILES string of the molecule is C[C@@H](Oc1ccc(OC(F)=Cc2ccc(F)cc2)cc1)C(=O)N(C)c1nc2cc(Cl)ccc2o1. The molecule has 0 unspecified atom stereocenters. The number of benzene rings is 3. The second-order valence-corrected chi connectivity index (χ2v) is 7.78. The van der Waals surface area contributed by atoms with Crippen molar-refractivity contribution in [2.45, 2.75) is 13.0 Å². The van der Waals surface area contributed by atoms with Crippen LogP contribution in [-0.4, -0.2) is 24.0 Å².